The van der Waals surface area contributed by atoms with Gasteiger partial charge in [-0.25, -0.2) is 4.79 Å². The Morgan fingerprint density at radius 3 is 2.43 bits per heavy atom. The molecule has 1 aromatic heterocycles. The number of amides is 1. The van der Waals surface area contributed by atoms with Crippen LogP contribution in [0.3, 0.4) is 0 Å². The third-order valence-electron chi connectivity index (χ3n) is 3.36. The Labute approximate surface area is 122 Å². The largest absolute Gasteiger partial charge is 0.479 e. The van der Waals surface area contributed by atoms with Crippen molar-refractivity contribution in [1.82, 2.24) is 15.1 Å². The van der Waals surface area contributed by atoms with Crippen molar-refractivity contribution in [1.29, 1.82) is 0 Å². The molecule has 0 saturated heterocycles. The van der Waals surface area contributed by atoms with Crippen molar-refractivity contribution >= 4 is 11.9 Å². The van der Waals surface area contributed by atoms with Crippen LogP contribution in [0.1, 0.15) is 30.1 Å². The van der Waals surface area contributed by atoms with Gasteiger partial charge in [0.15, 0.2) is 6.04 Å². The molecule has 110 valence electrons. The van der Waals surface area contributed by atoms with Crippen molar-refractivity contribution in [3.05, 3.63) is 53.9 Å². The topological polar surface area (TPSA) is 84.2 Å². The van der Waals surface area contributed by atoms with Crippen LogP contribution in [0.15, 0.2) is 42.6 Å². The van der Waals surface area contributed by atoms with E-state index in [0.717, 1.165) is 5.69 Å². The van der Waals surface area contributed by atoms with E-state index < -0.39 is 17.9 Å². The third-order valence-corrected chi connectivity index (χ3v) is 3.36. The van der Waals surface area contributed by atoms with Gasteiger partial charge in [-0.3, -0.25) is 9.48 Å². The zero-order valence-corrected chi connectivity index (χ0v) is 11.9. The number of carbonyl (C=O) groups excluding carboxylic acids is 1. The van der Waals surface area contributed by atoms with Crippen LogP contribution in [-0.2, 0) is 16.6 Å². The zero-order chi connectivity index (χ0) is 15.4. The molecule has 1 amide bonds. The van der Waals surface area contributed by atoms with Crippen molar-refractivity contribution < 1.29 is 14.7 Å². The lowest BCUT2D eigenvalue weighted by molar-refractivity contribution is -0.142. The molecule has 1 unspecified atom stereocenters. The van der Waals surface area contributed by atoms with E-state index in [1.807, 2.05) is 0 Å². The first-order valence-corrected chi connectivity index (χ1v) is 6.56. The monoisotopic (exact) mass is 287 g/mol. The summed E-state index contributed by atoms with van der Waals surface area (Å²) in [5.74, 6) is -1.93. The van der Waals surface area contributed by atoms with Gasteiger partial charge < -0.3 is 10.4 Å². The standard InChI is InChI=1S/C15H17N3O3/c1-10(12-8-9-16-18(12)2)14(19)17-13(15(20)21)11-6-4-3-5-7-11/h3-10,13H,1-2H3,(H,17,19)(H,20,21)/t10?,13-/m0/s1. The van der Waals surface area contributed by atoms with Crippen molar-refractivity contribution in [2.24, 2.45) is 7.05 Å². The van der Waals surface area contributed by atoms with Gasteiger partial charge in [0, 0.05) is 13.2 Å². The second-order valence-corrected chi connectivity index (χ2v) is 4.79. The number of hydrogen-bond donors (Lipinski definition) is 2. The van der Waals surface area contributed by atoms with E-state index in [9.17, 15) is 14.7 Å². The van der Waals surface area contributed by atoms with Gasteiger partial charge in [-0.05, 0) is 18.6 Å². The molecular weight excluding hydrogens is 270 g/mol. The van der Waals surface area contributed by atoms with Crippen LogP contribution < -0.4 is 5.32 Å². The summed E-state index contributed by atoms with van der Waals surface area (Å²) >= 11 is 0. The Bertz CT molecular complexity index is 637. The number of carboxylic acids is 1. The fourth-order valence-electron chi connectivity index (χ4n) is 2.14. The number of nitrogens with zero attached hydrogens (tertiary/aromatic N) is 2. The Kier molecular flexibility index (Phi) is 4.37. The summed E-state index contributed by atoms with van der Waals surface area (Å²) in [6.45, 7) is 1.72. The molecule has 2 atom stereocenters. The van der Waals surface area contributed by atoms with Gasteiger partial charge in [-0.15, -0.1) is 0 Å². The van der Waals surface area contributed by atoms with Crippen molar-refractivity contribution in [3.8, 4) is 0 Å². The summed E-state index contributed by atoms with van der Waals surface area (Å²) in [4.78, 5) is 23.6. The fourth-order valence-corrected chi connectivity index (χ4v) is 2.14. The van der Waals surface area contributed by atoms with Crippen molar-refractivity contribution in [2.75, 3.05) is 0 Å². The summed E-state index contributed by atoms with van der Waals surface area (Å²) in [5, 5.41) is 15.9. The molecule has 0 fully saturated rings. The molecule has 0 aliphatic rings. The Balaban J connectivity index is 2.16. The van der Waals surface area contributed by atoms with Crippen LogP contribution in [0.5, 0.6) is 0 Å². The number of aromatic nitrogens is 2. The molecule has 2 N–H and O–H groups in total. The van der Waals surface area contributed by atoms with E-state index in [1.54, 1.807) is 61.2 Å². The summed E-state index contributed by atoms with van der Waals surface area (Å²) in [6, 6.07) is 9.30. The van der Waals surface area contributed by atoms with Gasteiger partial charge in [0.25, 0.3) is 0 Å². The average molecular weight is 287 g/mol. The quantitative estimate of drug-likeness (QED) is 0.872. The number of carbonyl (C=O) groups is 2. The van der Waals surface area contributed by atoms with E-state index in [1.165, 1.54) is 0 Å². The lowest BCUT2D eigenvalue weighted by Crippen LogP contribution is -2.36. The number of carboxylic acid groups (broad SMARTS) is 1. The number of rotatable bonds is 5. The van der Waals surface area contributed by atoms with Crippen LogP contribution in [-0.4, -0.2) is 26.8 Å². The molecule has 0 spiro atoms. The molecule has 2 rings (SSSR count). The summed E-state index contributed by atoms with van der Waals surface area (Å²) in [5.41, 5.74) is 1.26. The third kappa shape index (κ3) is 3.28. The highest BCUT2D eigenvalue weighted by atomic mass is 16.4. The van der Waals surface area contributed by atoms with Gasteiger partial charge in [-0.1, -0.05) is 30.3 Å². The van der Waals surface area contributed by atoms with Gasteiger partial charge in [-0.2, -0.15) is 5.10 Å². The van der Waals surface area contributed by atoms with E-state index in [4.69, 9.17) is 0 Å². The number of benzene rings is 1. The Morgan fingerprint density at radius 2 is 1.90 bits per heavy atom. The molecule has 2 aromatic rings. The smallest absolute Gasteiger partial charge is 0.330 e. The first-order chi connectivity index (χ1) is 10.0. The normalized spacial score (nSPS) is 13.4. The van der Waals surface area contributed by atoms with Gasteiger partial charge in [0.05, 0.1) is 11.6 Å². The summed E-state index contributed by atoms with van der Waals surface area (Å²) < 4.78 is 1.60. The fraction of sp³-hybridized carbons (Fsp3) is 0.267. The second-order valence-electron chi connectivity index (χ2n) is 4.79. The molecule has 0 aliphatic carbocycles. The van der Waals surface area contributed by atoms with Crippen LogP contribution >= 0.6 is 0 Å². The van der Waals surface area contributed by atoms with Crippen LogP contribution in [0.25, 0.3) is 0 Å². The molecule has 1 heterocycles. The predicted octanol–water partition coefficient (Wildman–Crippen LogP) is 1.47. The minimum absolute atomic E-state index is 0.352. The molecule has 1 aromatic carbocycles. The van der Waals surface area contributed by atoms with Gasteiger partial charge >= 0.3 is 5.97 Å². The lowest BCUT2D eigenvalue weighted by Gasteiger charge is -2.18. The van der Waals surface area contributed by atoms with E-state index >= 15 is 0 Å². The molecule has 21 heavy (non-hydrogen) atoms. The van der Waals surface area contributed by atoms with E-state index in [-0.39, 0.29) is 5.91 Å². The highest BCUT2D eigenvalue weighted by Gasteiger charge is 2.26. The highest BCUT2D eigenvalue weighted by Crippen LogP contribution is 2.18. The number of hydrogen-bond acceptors (Lipinski definition) is 3. The molecule has 6 nitrogen and oxygen atoms in total. The molecule has 0 bridgehead atoms. The number of aliphatic carboxylic acids is 1. The minimum Gasteiger partial charge on any atom is -0.479 e. The van der Waals surface area contributed by atoms with Crippen molar-refractivity contribution in [2.45, 2.75) is 18.9 Å². The molecule has 0 radical (unpaired) electrons. The lowest BCUT2D eigenvalue weighted by atomic mass is 10.0. The molecular formula is C15H17N3O3. The number of aryl methyl sites for hydroxylation is 1. The molecule has 0 saturated carbocycles. The summed E-state index contributed by atoms with van der Waals surface area (Å²) in [6.07, 6.45) is 1.60. The predicted molar refractivity (Wildman–Crippen MR) is 76.6 cm³/mol. The summed E-state index contributed by atoms with van der Waals surface area (Å²) in [7, 11) is 1.74. The van der Waals surface area contributed by atoms with Crippen molar-refractivity contribution in [3.63, 3.8) is 0 Å². The average Bonchev–Trinajstić information content (AvgIpc) is 2.90. The minimum atomic E-state index is -1.09. The van der Waals surface area contributed by atoms with Crippen LogP contribution in [0, 0.1) is 0 Å². The molecule has 0 aliphatic heterocycles. The molecule has 6 heteroatoms. The zero-order valence-electron chi connectivity index (χ0n) is 11.9. The maximum absolute atomic E-state index is 12.3. The Hall–Kier alpha value is -2.63. The maximum Gasteiger partial charge on any atom is 0.330 e. The van der Waals surface area contributed by atoms with E-state index in [0.29, 0.717) is 5.56 Å². The van der Waals surface area contributed by atoms with E-state index in [2.05, 4.69) is 10.4 Å². The number of nitrogens with one attached hydrogen (secondary N) is 1. The highest BCUT2D eigenvalue weighted by molar-refractivity contribution is 5.88. The first-order valence-electron chi connectivity index (χ1n) is 6.56. The van der Waals surface area contributed by atoms with Gasteiger partial charge in [0.2, 0.25) is 5.91 Å². The second kappa shape index (κ2) is 6.21. The van der Waals surface area contributed by atoms with Crippen LogP contribution in [0.4, 0.5) is 0 Å². The first kappa shape index (κ1) is 14.8. The maximum atomic E-state index is 12.3. The SMILES string of the molecule is CC(C(=O)N[C@H](C(=O)O)c1ccccc1)c1ccnn1C. The van der Waals surface area contributed by atoms with Crippen LogP contribution in [0.2, 0.25) is 0 Å². The Morgan fingerprint density at radius 1 is 1.24 bits per heavy atom. The van der Waals surface area contributed by atoms with Gasteiger partial charge in [0.1, 0.15) is 0 Å².